The molecule has 0 aliphatic rings. The molecule has 45 heavy (non-hydrogen) atoms. The van der Waals surface area contributed by atoms with E-state index >= 15 is 0 Å². The van der Waals surface area contributed by atoms with Crippen molar-refractivity contribution in [3.8, 4) is 34.3 Å². The molecule has 0 spiro atoms. The second-order valence-corrected chi connectivity index (χ2v) is 10.4. The van der Waals surface area contributed by atoms with Crippen LogP contribution in [0.1, 0.15) is 18.1 Å². The highest BCUT2D eigenvalue weighted by Gasteiger charge is 2.28. The number of methoxy groups -OCH3 is 3. The third-order valence-electron chi connectivity index (χ3n) is 7.20. The molecule has 9 heteroatoms. The first-order valence-corrected chi connectivity index (χ1v) is 15.5. The highest BCUT2D eigenvalue weighted by Crippen LogP contribution is 2.45. The molecule has 0 radical (unpaired) electrons. The Morgan fingerprint density at radius 2 is 1.40 bits per heavy atom. The zero-order valence-electron chi connectivity index (χ0n) is 25.5. The zero-order chi connectivity index (χ0) is 31.8. The van der Waals surface area contributed by atoms with Crippen molar-refractivity contribution in [1.82, 2.24) is 4.57 Å². The number of fused-ring (bicyclic) bond motifs is 3. The molecular weight excluding hydrogens is 638 g/mol. The van der Waals surface area contributed by atoms with Crippen molar-refractivity contribution in [2.45, 2.75) is 18.8 Å². The van der Waals surface area contributed by atoms with E-state index in [1.807, 2.05) is 102 Å². The van der Waals surface area contributed by atoms with Crippen LogP contribution in [0.4, 0.5) is 4.79 Å². The molecule has 6 aromatic rings. The highest BCUT2D eigenvalue weighted by atomic mass is 79.9. The molecule has 2 aromatic heterocycles. The normalized spacial score (nSPS) is 10.7. The predicted molar refractivity (Wildman–Crippen MR) is 179 cm³/mol. The van der Waals surface area contributed by atoms with Crippen LogP contribution in [0, 0.1) is 0 Å². The van der Waals surface area contributed by atoms with E-state index in [9.17, 15) is 4.79 Å². The van der Waals surface area contributed by atoms with Gasteiger partial charge in [0, 0.05) is 21.8 Å². The molecule has 0 N–H and O–H groups in total. The monoisotopic (exact) mass is 671 g/mol. The molecule has 0 bridgehead atoms. The van der Waals surface area contributed by atoms with Crippen LogP contribution in [0.2, 0.25) is 0 Å². The lowest BCUT2D eigenvalue weighted by Crippen LogP contribution is -2.14. The summed E-state index contributed by atoms with van der Waals surface area (Å²) in [5, 5.41) is 1.75. The predicted octanol–water partition coefficient (Wildman–Crippen LogP) is 9.25. The van der Waals surface area contributed by atoms with Crippen LogP contribution in [-0.2, 0) is 16.6 Å². The number of halogens is 1. The van der Waals surface area contributed by atoms with Crippen molar-refractivity contribution in [3.63, 3.8) is 0 Å². The van der Waals surface area contributed by atoms with Crippen LogP contribution >= 0.6 is 15.9 Å². The van der Waals surface area contributed by atoms with E-state index in [0.717, 1.165) is 50.2 Å². The Labute approximate surface area is 270 Å². The number of alkyl halides is 1. The fourth-order valence-electron chi connectivity index (χ4n) is 5.12. The van der Waals surface area contributed by atoms with Crippen molar-refractivity contribution < 1.29 is 32.9 Å². The van der Waals surface area contributed by atoms with Gasteiger partial charge < -0.3 is 32.7 Å². The number of furan rings is 1. The molecule has 0 aliphatic heterocycles. The van der Waals surface area contributed by atoms with Crippen molar-refractivity contribution in [3.05, 3.63) is 108 Å². The van der Waals surface area contributed by atoms with E-state index in [-0.39, 0.29) is 6.61 Å². The van der Waals surface area contributed by atoms with E-state index in [1.165, 1.54) is 5.56 Å². The van der Waals surface area contributed by atoms with Gasteiger partial charge in [0.2, 0.25) is 5.88 Å². The second kappa shape index (κ2) is 14.7. The summed E-state index contributed by atoms with van der Waals surface area (Å²) in [6.45, 7) is 2.32. The number of carbonyl (C=O) groups excluding carboxylic acids is 1. The van der Waals surface area contributed by atoms with Gasteiger partial charge in [-0.2, -0.15) is 0 Å². The Morgan fingerprint density at radius 1 is 0.778 bits per heavy atom. The summed E-state index contributed by atoms with van der Waals surface area (Å²) in [6, 6.07) is 31.0. The van der Waals surface area contributed by atoms with Gasteiger partial charge in [0.1, 0.15) is 22.8 Å². The maximum absolute atomic E-state index is 12.6. The van der Waals surface area contributed by atoms with Gasteiger partial charge in [-0.3, -0.25) is 0 Å². The second-order valence-electron chi connectivity index (χ2n) is 9.81. The standard InChI is InChI=1S/C28H25NO6.C8H9BrO/c1-4-33-28(30)35-27-24(18-13-15-20(31-2)16-14-18)26-25(21-10-6-8-12-23(21)34-26)29(27)17-19-9-5-7-11-22(19)32-3;1-10-8-5-3-2-4-7(8)6-9/h5-16H,4,17H2,1-3H3;2-5H,6H2,1H3. The van der Waals surface area contributed by atoms with Gasteiger partial charge in [-0.1, -0.05) is 76.6 Å². The van der Waals surface area contributed by atoms with Crippen molar-refractivity contribution in [1.29, 1.82) is 0 Å². The van der Waals surface area contributed by atoms with Crippen LogP contribution in [0.5, 0.6) is 23.1 Å². The summed E-state index contributed by atoms with van der Waals surface area (Å²) >= 11 is 3.37. The lowest BCUT2D eigenvalue weighted by molar-refractivity contribution is 0.101. The fourth-order valence-corrected chi connectivity index (χ4v) is 5.58. The summed E-state index contributed by atoms with van der Waals surface area (Å²) in [4.78, 5) is 12.6. The van der Waals surface area contributed by atoms with Crippen LogP contribution in [0.15, 0.2) is 101 Å². The van der Waals surface area contributed by atoms with E-state index in [2.05, 4.69) is 15.9 Å². The van der Waals surface area contributed by atoms with Gasteiger partial charge in [-0.05, 0) is 48.9 Å². The maximum Gasteiger partial charge on any atom is 0.515 e. The van der Waals surface area contributed by atoms with Gasteiger partial charge in [-0.25, -0.2) is 4.79 Å². The number of rotatable bonds is 9. The molecular formula is C36H34BrNO7. The number of benzene rings is 4. The smallest absolute Gasteiger partial charge is 0.497 e. The van der Waals surface area contributed by atoms with Crippen LogP contribution in [0.3, 0.4) is 0 Å². The summed E-state index contributed by atoms with van der Waals surface area (Å²) in [6.07, 6.45) is -0.784. The van der Waals surface area contributed by atoms with Crippen LogP contribution in [-0.4, -0.2) is 38.7 Å². The summed E-state index contributed by atoms with van der Waals surface area (Å²) < 4.78 is 35.3. The zero-order valence-corrected chi connectivity index (χ0v) is 27.1. The summed E-state index contributed by atoms with van der Waals surface area (Å²) in [5.41, 5.74) is 5.75. The van der Waals surface area contributed by atoms with Crippen molar-refractivity contribution in [2.24, 2.45) is 0 Å². The molecule has 0 amide bonds. The number of nitrogens with zero attached hydrogens (tertiary/aromatic N) is 1. The van der Waals surface area contributed by atoms with E-state index in [1.54, 1.807) is 28.3 Å². The van der Waals surface area contributed by atoms with Crippen LogP contribution < -0.4 is 18.9 Å². The molecule has 4 aromatic carbocycles. The molecule has 0 unspecified atom stereocenters. The Morgan fingerprint density at radius 3 is 2.02 bits per heavy atom. The molecule has 6 rings (SSSR count). The van der Waals surface area contributed by atoms with Gasteiger partial charge in [0.05, 0.1) is 45.6 Å². The number of hydrogen-bond acceptors (Lipinski definition) is 7. The SMILES string of the molecule is CCOC(=O)Oc1c(-c2ccc(OC)cc2)c2oc3ccccc3c2n1Cc1ccccc1OC.COc1ccccc1CBr. The Hall–Kier alpha value is -4.89. The van der Waals surface area contributed by atoms with Crippen LogP contribution in [0.25, 0.3) is 33.2 Å². The first kappa shape index (κ1) is 31.5. The van der Waals surface area contributed by atoms with Crippen molar-refractivity contribution in [2.75, 3.05) is 27.9 Å². The third kappa shape index (κ3) is 6.78. The highest BCUT2D eigenvalue weighted by molar-refractivity contribution is 9.08. The maximum atomic E-state index is 12.6. The molecule has 2 heterocycles. The average molecular weight is 673 g/mol. The van der Waals surface area contributed by atoms with E-state index in [0.29, 0.717) is 23.6 Å². The fraction of sp³-hybridized carbons (Fsp3) is 0.194. The molecule has 0 aliphatic carbocycles. The van der Waals surface area contributed by atoms with Gasteiger partial charge >= 0.3 is 6.16 Å². The van der Waals surface area contributed by atoms with Crippen molar-refractivity contribution >= 4 is 44.2 Å². The Kier molecular flexibility index (Phi) is 10.3. The number of hydrogen-bond donors (Lipinski definition) is 0. The Bertz CT molecular complexity index is 1870. The van der Waals surface area contributed by atoms with Gasteiger partial charge in [-0.15, -0.1) is 0 Å². The molecule has 0 atom stereocenters. The van der Waals surface area contributed by atoms with Gasteiger partial charge in [0.25, 0.3) is 0 Å². The van der Waals surface area contributed by atoms with E-state index in [4.69, 9.17) is 28.1 Å². The summed E-state index contributed by atoms with van der Waals surface area (Å²) in [5.74, 6) is 2.73. The minimum Gasteiger partial charge on any atom is -0.497 e. The summed E-state index contributed by atoms with van der Waals surface area (Å²) in [7, 11) is 4.93. The first-order valence-electron chi connectivity index (χ1n) is 14.3. The third-order valence-corrected chi connectivity index (χ3v) is 7.81. The quantitative estimate of drug-likeness (QED) is 0.112. The topological polar surface area (TPSA) is 81.3 Å². The molecule has 232 valence electrons. The molecule has 8 nitrogen and oxygen atoms in total. The average Bonchev–Trinajstić information content (AvgIpc) is 3.59. The number of aromatic nitrogens is 1. The van der Waals surface area contributed by atoms with Gasteiger partial charge in [0.15, 0.2) is 5.58 Å². The number of para-hydroxylation sites is 3. The molecule has 0 saturated carbocycles. The number of ether oxygens (including phenoxy) is 5. The molecule has 0 saturated heterocycles. The number of carbonyl (C=O) groups is 1. The minimum atomic E-state index is -0.784. The Balaban J connectivity index is 0.000000342. The lowest BCUT2D eigenvalue weighted by Gasteiger charge is -2.14. The molecule has 0 fully saturated rings. The lowest BCUT2D eigenvalue weighted by atomic mass is 10.1. The first-order chi connectivity index (χ1) is 22.0. The van der Waals surface area contributed by atoms with E-state index < -0.39 is 6.16 Å². The minimum absolute atomic E-state index is 0.197. The largest absolute Gasteiger partial charge is 0.515 e.